The minimum atomic E-state index is 0. The molecule has 1 aliphatic heterocycles. The van der Waals surface area contributed by atoms with E-state index in [4.69, 9.17) is 14.5 Å². The van der Waals surface area contributed by atoms with Gasteiger partial charge in [0, 0.05) is 39.2 Å². The van der Waals surface area contributed by atoms with E-state index in [0.29, 0.717) is 12.5 Å². The molecule has 6 heteroatoms. The molecule has 2 aromatic carbocycles. The summed E-state index contributed by atoms with van der Waals surface area (Å²) in [6.07, 6.45) is 2.09. The van der Waals surface area contributed by atoms with Crippen LogP contribution in [0.15, 0.2) is 59.6 Å². The number of nitrogens with zero attached hydrogens (tertiary/aromatic N) is 2. The Bertz CT molecular complexity index is 753. The first-order valence-electron chi connectivity index (χ1n) is 10.6. The molecule has 1 atom stereocenters. The summed E-state index contributed by atoms with van der Waals surface area (Å²) in [5.74, 6) is 2.52. The van der Waals surface area contributed by atoms with Gasteiger partial charge in [-0.05, 0) is 43.0 Å². The van der Waals surface area contributed by atoms with Crippen LogP contribution in [0.4, 0.5) is 0 Å². The molecule has 1 fully saturated rings. The quantitative estimate of drug-likeness (QED) is 0.302. The number of hydrogen-bond acceptors (Lipinski definition) is 3. The second-order valence-electron chi connectivity index (χ2n) is 7.46. The number of benzene rings is 2. The number of aliphatic imine (C=N–C) groups is 1. The first-order valence-corrected chi connectivity index (χ1v) is 10.6. The third-order valence-corrected chi connectivity index (χ3v) is 5.16. The summed E-state index contributed by atoms with van der Waals surface area (Å²) in [5, 5.41) is 3.43. The van der Waals surface area contributed by atoms with Crippen LogP contribution >= 0.6 is 24.0 Å². The SMILES string of the molecule is CCNC(=NCCc1ccc(OCc2ccccc2)cc1)N1CCC(COC)C1.I. The maximum atomic E-state index is 5.86. The lowest BCUT2D eigenvalue weighted by Gasteiger charge is -2.21. The molecule has 1 aliphatic rings. The van der Waals surface area contributed by atoms with Crippen LogP contribution in [0, 0.1) is 5.92 Å². The van der Waals surface area contributed by atoms with Crippen molar-refractivity contribution in [1.82, 2.24) is 10.2 Å². The van der Waals surface area contributed by atoms with E-state index in [1.54, 1.807) is 7.11 Å². The summed E-state index contributed by atoms with van der Waals surface area (Å²) in [7, 11) is 1.78. The molecular weight excluding hydrogens is 489 g/mol. The van der Waals surface area contributed by atoms with Crippen molar-refractivity contribution in [3.05, 3.63) is 65.7 Å². The van der Waals surface area contributed by atoms with Crippen molar-refractivity contribution in [2.75, 3.05) is 39.9 Å². The lowest BCUT2D eigenvalue weighted by Crippen LogP contribution is -2.40. The number of ether oxygens (including phenoxy) is 2. The Morgan fingerprint density at radius 1 is 1.10 bits per heavy atom. The van der Waals surface area contributed by atoms with E-state index in [0.717, 1.165) is 50.9 Å². The highest BCUT2D eigenvalue weighted by atomic mass is 127. The van der Waals surface area contributed by atoms with Gasteiger partial charge in [0.15, 0.2) is 5.96 Å². The lowest BCUT2D eigenvalue weighted by molar-refractivity contribution is 0.157. The Labute approximate surface area is 197 Å². The maximum absolute atomic E-state index is 5.86. The topological polar surface area (TPSA) is 46.1 Å². The molecule has 0 radical (unpaired) electrons. The summed E-state index contributed by atoms with van der Waals surface area (Å²) in [4.78, 5) is 7.20. The van der Waals surface area contributed by atoms with Gasteiger partial charge < -0.3 is 19.7 Å². The molecule has 0 aliphatic carbocycles. The largest absolute Gasteiger partial charge is 0.489 e. The molecule has 0 amide bonds. The monoisotopic (exact) mass is 523 g/mol. The number of likely N-dealkylation sites (tertiary alicyclic amines) is 1. The van der Waals surface area contributed by atoms with Gasteiger partial charge in [0.25, 0.3) is 0 Å². The number of hydrogen-bond donors (Lipinski definition) is 1. The third-order valence-electron chi connectivity index (χ3n) is 5.16. The average molecular weight is 523 g/mol. The van der Waals surface area contributed by atoms with Gasteiger partial charge in [-0.3, -0.25) is 4.99 Å². The molecule has 30 heavy (non-hydrogen) atoms. The number of guanidine groups is 1. The second kappa shape index (κ2) is 13.5. The molecule has 5 nitrogen and oxygen atoms in total. The normalized spacial score (nSPS) is 16.3. The molecule has 0 aromatic heterocycles. The minimum Gasteiger partial charge on any atom is -0.489 e. The van der Waals surface area contributed by atoms with Crippen LogP contribution in [-0.4, -0.2) is 50.8 Å². The molecule has 1 saturated heterocycles. The number of halogens is 1. The van der Waals surface area contributed by atoms with Gasteiger partial charge in [-0.15, -0.1) is 24.0 Å². The van der Waals surface area contributed by atoms with E-state index in [1.165, 1.54) is 17.5 Å². The van der Waals surface area contributed by atoms with Gasteiger partial charge in [0.05, 0.1) is 6.61 Å². The highest BCUT2D eigenvalue weighted by molar-refractivity contribution is 14.0. The molecule has 164 valence electrons. The fraction of sp³-hybridized carbons (Fsp3) is 0.458. The Balaban J connectivity index is 0.00000320. The molecular formula is C24H34IN3O2. The summed E-state index contributed by atoms with van der Waals surface area (Å²) in [5.41, 5.74) is 2.45. The first-order chi connectivity index (χ1) is 14.3. The van der Waals surface area contributed by atoms with E-state index < -0.39 is 0 Å². The van der Waals surface area contributed by atoms with Crippen LogP contribution in [-0.2, 0) is 17.8 Å². The number of rotatable bonds is 9. The highest BCUT2D eigenvalue weighted by Crippen LogP contribution is 2.17. The first kappa shape index (κ1) is 24.5. The summed E-state index contributed by atoms with van der Waals surface area (Å²) < 4.78 is 11.2. The zero-order chi connectivity index (χ0) is 20.3. The van der Waals surface area contributed by atoms with Crippen LogP contribution in [0.5, 0.6) is 5.75 Å². The molecule has 0 spiro atoms. The predicted molar refractivity (Wildman–Crippen MR) is 134 cm³/mol. The minimum absolute atomic E-state index is 0. The van der Waals surface area contributed by atoms with Crippen molar-refractivity contribution in [1.29, 1.82) is 0 Å². The smallest absolute Gasteiger partial charge is 0.193 e. The van der Waals surface area contributed by atoms with E-state index >= 15 is 0 Å². The van der Waals surface area contributed by atoms with E-state index in [2.05, 4.69) is 41.4 Å². The molecule has 1 unspecified atom stereocenters. The van der Waals surface area contributed by atoms with E-state index in [9.17, 15) is 0 Å². The Morgan fingerprint density at radius 3 is 2.57 bits per heavy atom. The fourth-order valence-electron chi connectivity index (χ4n) is 3.61. The van der Waals surface area contributed by atoms with E-state index in [1.807, 2.05) is 30.3 Å². The van der Waals surface area contributed by atoms with Gasteiger partial charge in [-0.25, -0.2) is 0 Å². The molecule has 3 rings (SSSR count). The predicted octanol–water partition coefficient (Wildman–Crippen LogP) is 4.36. The zero-order valence-electron chi connectivity index (χ0n) is 18.0. The van der Waals surface area contributed by atoms with Crippen molar-refractivity contribution >= 4 is 29.9 Å². The van der Waals surface area contributed by atoms with Crippen molar-refractivity contribution in [3.63, 3.8) is 0 Å². The molecule has 1 N–H and O–H groups in total. The molecule has 0 saturated carbocycles. The van der Waals surface area contributed by atoms with Gasteiger partial charge in [0.2, 0.25) is 0 Å². The maximum Gasteiger partial charge on any atom is 0.193 e. The molecule has 1 heterocycles. The average Bonchev–Trinajstić information content (AvgIpc) is 3.22. The Morgan fingerprint density at radius 2 is 1.87 bits per heavy atom. The standard InChI is InChI=1S/C24H33N3O2.HI/c1-3-25-24(27-16-14-22(17-27)18-28-2)26-15-13-20-9-11-23(12-10-20)29-19-21-7-5-4-6-8-21;/h4-12,22H,3,13-19H2,1-2H3,(H,25,26);1H. The van der Waals surface area contributed by atoms with E-state index in [-0.39, 0.29) is 24.0 Å². The summed E-state index contributed by atoms with van der Waals surface area (Å²) in [6, 6.07) is 18.6. The fourth-order valence-corrected chi connectivity index (χ4v) is 3.61. The molecule has 2 aromatic rings. The van der Waals surface area contributed by atoms with Crippen molar-refractivity contribution in [2.45, 2.75) is 26.4 Å². The van der Waals surface area contributed by atoms with Crippen molar-refractivity contribution < 1.29 is 9.47 Å². The Kier molecular flexibility index (Phi) is 11.0. The number of methoxy groups -OCH3 is 1. The van der Waals surface area contributed by atoms with Crippen LogP contribution in [0.25, 0.3) is 0 Å². The van der Waals surface area contributed by atoms with Crippen LogP contribution in [0.1, 0.15) is 24.5 Å². The zero-order valence-corrected chi connectivity index (χ0v) is 20.4. The number of nitrogens with one attached hydrogen (secondary N) is 1. The second-order valence-corrected chi connectivity index (χ2v) is 7.46. The van der Waals surface area contributed by atoms with Crippen LogP contribution < -0.4 is 10.1 Å². The van der Waals surface area contributed by atoms with Gasteiger partial charge in [0.1, 0.15) is 12.4 Å². The van der Waals surface area contributed by atoms with Crippen LogP contribution in [0.3, 0.4) is 0 Å². The van der Waals surface area contributed by atoms with Gasteiger partial charge in [-0.2, -0.15) is 0 Å². The third kappa shape index (κ3) is 7.80. The van der Waals surface area contributed by atoms with Crippen molar-refractivity contribution in [2.24, 2.45) is 10.9 Å². The Hall–Kier alpha value is -1.80. The lowest BCUT2D eigenvalue weighted by atomic mass is 10.1. The summed E-state index contributed by atoms with van der Waals surface area (Å²) >= 11 is 0. The summed E-state index contributed by atoms with van der Waals surface area (Å²) in [6.45, 7) is 7.27. The molecule has 0 bridgehead atoms. The van der Waals surface area contributed by atoms with Crippen molar-refractivity contribution in [3.8, 4) is 5.75 Å². The van der Waals surface area contributed by atoms with Gasteiger partial charge in [-0.1, -0.05) is 42.5 Å². The van der Waals surface area contributed by atoms with Crippen LogP contribution in [0.2, 0.25) is 0 Å². The highest BCUT2D eigenvalue weighted by Gasteiger charge is 2.24. The van der Waals surface area contributed by atoms with Gasteiger partial charge >= 0.3 is 0 Å².